The summed E-state index contributed by atoms with van der Waals surface area (Å²) >= 11 is 1.53. The van der Waals surface area contributed by atoms with Crippen molar-refractivity contribution in [3.8, 4) is 11.3 Å². The summed E-state index contributed by atoms with van der Waals surface area (Å²) in [6, 6.07) is 18.2. The first-order valence-corrected chi connectivity index (χ1v) is 8.81. The lowest BCUT2D eigenvalue weighted by atomic mass is 10.1. The minimum absolute atomic E-state index is 0.549. The van der Waals surface area contributed by atoms with Gasteiger partial charge in [-0.05, 0) is 17.2 Å². The maximum absolute atomic E-state index is 5.46. The van der Waals surface area contributed by atoms with Crippen molar-refractivity contribution in [1.29, 1.82) is 0 Å². The topological polar surface area (TPSA) is 46.5 Å². The van der Waals surface area contributed by atoms with Crippen molar-refractivity contribution in [2.24, 2.45) is 5.10 Å². The number of anilines is 1. The lowest BCUT2D eigenvalue weighted by Crippen LogP contribution is -1.94. The van der Waals surface area contributed by atoms with E-state index in [1.807, 2.05) is 60.0 Å². The van der Waals surface area contributed by atoms with Gasteiger partial charge in [0.1, 0.15) is 0 Å². The highest BCUT2D eigenvalue weighted by Gasteiger charge is 2.02. The van der Waals surface area contributed by atoms with Crippen molar-refractivity contribution in [2.75, 3.05) is 12.0 Å². The zero-order chi connectivity index (χ0) is 17.3. The van der Waals surface area contributed by atoms with Gasteiger partial charge < -0.3 is 4.74 Å². The van der Waals surface area contributed by atoms with Crippen LogP contribution in [-0.4, -0.2) is 17.8 Å². The van der Waals surface area contributed by atoms with Gasteiger partial charge >= 0.3 is 0 Å². The molecule has 2 aromatic carbocycles. The van der Waals surface area contributed by atoms with Gasteiger partial charge in [0.2, 0.25) is 5.13 Å². The number of ether oxygens (including phenoxy) is 1. The van der Waals surface area contributed by atoms with E-state index in [0.717, 1.165) is 27.5 Å². The number of aromatic nitrogens is 1. The number of hydrogen-bond donors (Lipinski definition) is 1. The minimum atomic E-state index is 0.549. The molecule has 126 valence electrons. The Morgan fingerprint density at radius 2 is 2.04 bits per heavy atom. The van der Waals surface area contributed by atoms with Crippen LogP contribution in [0.15, 0.2) is 77.7 Å². The molecule has 0 saturated heterocycles. The third-order valence-corrected chi connectivity index (χ3v) is 4.15. The monoisotopic (exact) mass is 349 g/mol. The number of benzene rings is 2. The van der Waals surface area contributed by atoms with Gasteiger partial charge in [0, 0.05) is 10.9 Å². The van der Waals surface area contributed by atoms with E-state index in [1.54, 1.807) is 12.3 Å². The molecule has 0 amide bonds. The van der Waals surface area contributed by atoms with E-state index in [0.29, 0.717) is 13.2 Å². The molecule has 0 unspecified atom stereocenters. The first kappa shape index (κ1) is 17.1. The van der Waals surface area contributed by atoms with Gasteiger partial charge in [0.15, 0.2) is 0 Å². The average molecular weight is 349 g/mol. The van der Waals surface area contributed by atoms with E-state index in [4.69, 9.17) is 4.74 Å². The van der Waals surface area contributed by atoms with Crippen LogP contribution in [0.1, 0.15) is 11.1 Å². The fourth-order valence-electron chi connectivity index (χ4n) is 2.25. The highest BCUT2D eigenvalue weighted by atomic mass is 32.1. The lowest BCUT2D eigenvalue weighted by Gasteiger charge is -2.02. The molecule has 0 aliphatic heterocycles. The van der Waals surface area contributed by atoms with Crippen molar-refractivity contribution in [1.82, 2.24) is 4.98 Å². The molecule has 25 heavy (non-hydrogen) atoms. The molecule has 0 fully saturated rings. The largest absolute Gasteiger partial charge is 0.373 e. The average Bonchev–Trinajstić information content (AvgIpc) is 3.12. The van der Waals surface area contributed by atoms with E-state index >= 15 is 0 Å². The van der Waals surface area contributed by atoms with Gasteiger partial charge in [-0.25, -0.2) is 4.98 Å². The molecule has 3 rings (SSSR count). The van der Waals surface area contributed by atoms with E-state index < -0.39 is 0 Å². The normalized spacial score (nSPS) is 10.9. The Balaban J connectivity index is 1.59. The van der Waals surface area contributed by atoms with Crippen LogP contribution in [0.4, 0.5) is 5.13 Å². The molecule has 0 radical (unpaired) electrons. The zero-order valence-electron chi connectivity index (χ0n) is 13.8. The van der Waals surface area contributed by atoms with Crippen molar-refractivity contribution in [3.63, 3.8) is 0 Å². The molecule has 0 aliphatic rings. The molecule has 0 saturated carbocycles. The predicted octanol–water partition coefficient (Wildman–Crippen LogP) is 4.96. The number of hydrazone groups is 1. The number of hydrogen-bond acceptors (Lipinski definition) is 5. The summed E-state index contributed by atoms with van der Waals surface area (Å²) < 4.78 is 5.46. The summed E-state index contributed by atoms with van der Waals surface area (Å²) in [5, 5.41) is 7.06. The van der Waals surface area contributed by atoms with Crippen LogP contribution in [0, 0.1) is 0 Å². The molecule has 3 aromatic rings. The van der Waals surface area contributed by atoms with Gasteiger partial charge in [-0.1, -0.05) is 54.6 Å². The quantitative estimate of drug-likeness (QED) is 0.271. The molecule has 1 N–H and O–H groups in total. The number of nitrogens with zero attached hydrogens (tertiary/aromatic N) is 2. The fourth-order valence-corrected chi connectivity index (χ4v) is 2.92. The summed E-state index contributed by atoms with van der Waals surface area (Å²) in [5.74, 6) is 0. The Labute approximate surface area is 151 Å². The number of rotatable bonds is 8. The lowest BCUT2D eigenvalue weighted by molar-refractivity contribution is 0.149. The van der Waals surface area contributed by atoms with Crippen LogP contribution in [-0.2, 0) is 11.3 Å². The second-order valence-corrected chi connectivity index (χ2v) is 6.18. The molecule has 0 spiro atoms. The van der Waals surface area contributed by atoms with Crippen LogP contribution >= 0.6 is 11.3 Å². The second kappa shape index (κ2) is 8.92. The molecule has 4 nitrogen and oxygen atoms in total. The molecule has 5 heteroatoms. The Bertz CT molecular complexity index is 843. The predicted molar refractivity (Wildman–Crippen MR) is 105 cm³/mol. The van der Waals surface area contributed by atoms with Crippen LogP contribution in [0.5, 0.6) is 0 Å². The summed E-state index contributed by atoms with van der Waals surface area (Å²) in [6.07, 6.45) is 3.52. The summed E-state index contributed by atoms with van der Waals surface area (Å²) in [4.78, 5) is 4.54. The van der Waals surface area contributed by atoms with Crippen molar-refractivity contribution in [3.05, 3.63) is 83.8 Å². The van der Waals surface area contributed by atoms with Crippen molar-refractivity contribution >= 4 is 22.7 Å². The van der Waals surface area contributed by atoms with Crippen LogP contribution in [0.25, 0.3) is 11.3 Å². The smallest absolute Gasteiger partial charge is 0.203 e. The Morgan fingerprint density at radius 1 is 1.16 bits per heavy atom. The summed E-state index contributed by atoms with van der Waals surface area (Å²) in [5.41, 5.74) is 7.15. The Morgan fingerprint density at radius 3 is 2.88 bits per heavy atom. The highest BCUT2D eigenvalue weighted by Crippen LogP contribution is 2.24. The third kappa shape index (κ3) is 5.11. The maximum Gasteiger partial charge on any atom is 0.203 e. The molecule has 0 atom stereocenters. The first-order valence-electron chi connectivity index (χ1n) is 7.93. The molecule has 1 aromatic heterocycles. The zero-order valence-corrected chi connectivity index (χ0v) is 14.6. The molecule has 1 heterocycles. The molecular weight excluding hydrogens is 330 g/mol. The molecule has 0 bridgehead atoms. The summed E-state index contributed by atoms with van der Waals surface area (Å²) in [7, 11) is 0. The van der Waals surface area contributed by atoms with E-state index in [9.17, 15) is 0 Å². The third-order valence-electron chi connectivity index (χ3n) is 3.40. The van der Waals surface area contributed by atoms with Crippen LogP contribution < -0.4 is 5.43 Å². The Hall–Kier alpha value is -2.76. The van der Waals surface area contributed by atoms with Crippen LogP contribution in [0.3, 0.4) is 0 Å². The number of thiazole rings is 1. The molecular formula is C20H19N3OS. The highest BCUT2D eigenvalue weighted by molar-refractivity contribution is 7.14. The van der Waals surface area contributed by atoms with E-state index in [1.165, 1.54) is 11.3 Å². The van der Waals surface area contributed by atoms with Gasteiger partial charge in [0.05, 0.1) is 25.1 Å². The second-order valence-electron chi connectivity index (χ2n) is 5.32. The standard InChI is InChI=1S/C20H19N3OS/c1-2-11-24-14-17-8-6-7-16(12-17)13-21-23-20-22-19(15-25-20)18-9-4-3-5-10-18/h2-10,12-13,15H,1,11,14H2,(H,22,23). The van der Waals surface area contributed by atoms with Gasteiger partial charge in [0.25, 0.3) is 0 Å². The minimum Gasteiger partial charge on any atom is -0.373 e. The first-order chi connectivity index (χ1) is 12.3. The fraction of sp³-hybridized carbons (Fsp3) is 0.100. The number of nitrogens with one attached hydrogen (secondary N) is 1. The maximum atomic E-state index is 5.46. The van der Waals surface area contributed by atoms with Crippen LogP contribution in [0.2, 0.25) is 0 Å². The van der Waals surface area contributed by atoms with E-state index in [-0.39, 0.29) is 0 Å². The SMILES string of the molecule is C=CCOCc1cccc(C=NNc2nc(-c3ccccc3)cs2)c1. The van der Waals surface area contributed by atoms with Gasteiger partial charge in [-0.2, -0.15) is 5.10 Å². The molecule has 0 aliphatic carbocycles. The van der Waals surface area contributed by atoms with Crippen molar-refractivity contribution in [2.45, 2.75) is 6.61 Å². The van der Waals surface area contributed by atoms with Crippen molar-refractivity contribution < 1.29 is 4.74 Å². The Kier molecular flexibility index (Phi) is 6.09. The van der Waals surface area contributed by atoms with Gasteiger partial charge in [-0.15, -0.1) is 17.9 Å². The van der Waals surface area contributed by atoms with E-state index in [2.05, 4.69) is 22.1 Å². The summed E-state index contributed by atoms with van der Waals surface area (Å²) in [6.45, 7) is 4.75. The van der Waals surface area contributed by atoms with Gasteiger partial charge in [-0.3, -0.25) is 5.43 Å².